The number of rotatable bonds is 2. The maximum Gasteiger partial charge on any atom is 0.419 e. The summed E-state index contributed by atoms with van der Waals surface area (Å²) < 4.78 is 79.7. The van der Waals surface area contributed by atoms with Gasteiger partial charge in [0.05, 0.1) is 13.3 Å². The van der Waals surface area contributed by atoms with Gasteiger partial charge in [-0.25, -0.2) is 18.0 Å². The minimum absolute atomic E-state index is 0.114. The van der Waals surface area contributed by atoms with Crippen LogP contribution in [0.15, 0.2) is 6.20 Å². The number of ether oxygens (including phenoxy) is 1. The molecular weight excluding hydrogens is 268 g/mol. The van der Waals surface area contributed by atoms with Crippen LogP contribution in [0.1, 0.15) is 28.0 Å². The Morgan fingerprint density at radius 1 is 1.39 bits per heavy atom. The van der Waals surface area contributed by atoms with Crippen LogP contribution in [0.3, 0.4) is 0 Å². The zero-order valence-electron chi connectivity index (χ0n) is 8.69. The van der Waals surface area contributed by atoms with Crippen molar-refractivity contribution in [2.24, 2.45) is 0 Å². The maximum absolute atomic E-state index is 13.2. The largest absolute Gasteiger partial charge is 0.465 e. The van der Waals surface area contributed by atoms with E-state index in [1.807, 2.05) is 0 Å². The third-order valence-corrected chi connectivity index (χ3v) is 1.94. The third kappa shape index (κ3) is 2.54. The van der Waals surface area contributed by atoms with Crippen molar-refractivity contribution in [1.82, 2.24) is 4.98 Å². The van der Waals surface area contributed by atoms with Crippen LogP contribution in [0.4, 0.5) is 26.3 Å². The number of hydrogen-bond donors (Lipinski definition) is 0. The SMILES string of the molecule is COC(=O)c1c(F)cnc(C(F)F)c1C(F)(F)F. The monoisotopic (exact) mass is 273 g/mol. The highest BCUT2D eigenvalue weighted by molar-refractivity contribution is 5.91. The van der Waals surface area contributed by atoms with Gasteiger partial charge in [-0.05, 0) is 0 Å². The normalized spacial score (nSPS) is 11.8. The van der Waals surface area contributed by atoms with Gasteiger partial charge in [-0.1, -0.05) is 0 Å². The standard InChI is InChI=1S/C9H5F6NO2/c1-18-8(17)4-3(10)2-16-6(7(11)12)5(4)9(13,14)15/h2,7H,1H3. The summed E-state index contributed by atoms with van der Waals surface area (Å²) in [7, 11) is 0.699. The molecule has 0 amide bonds. The number of alkyl halides is 5. The number of halogens is 6. The van der Waals surface area contributed by atoms with Gasteiger partial charge in [0.2, 0.25) is 0 Å². The molecule has 1 aromatic rings. The van der Waals surface area contributed by atoms with Crippen molar-refractivity contribution >= 4 is 5.97 Å². The Balaban J connectivity index is 3.67. The molecule has 0 bridgehead atoms. The third-order valence-electron chi connectivity index (χ3n) is 1.94. The average Bonchev–Trinajstić information content (AvgIpc) is 2.25. The Labute approximate surface area is 96.4 Å². The number of esters is 1. The first-order chi connectivity index (χ1) is 8.20. The topological polar surface area (TPSA) is 39.2 Å². The Kier molecular flexibility index (Phi) is 3.82. The van der Waals surface area contributed by atoms with Crippen LogP contribution >= 0.6 is 0 Å². The van der Waals surface area contributed by atoms with E-state index in [-0.39, 0.29) is 6.20 Å². The lowest BCUT2D eigenvalue weighted by Gasteiger charge is -2.15. The molecule has 1 rings (SSSR count). The van der Waals surface area contributed by atoms with Gasteiger partial charge in [0.25, 0.3) is 6.43 Å². The van der Waals surface area contributed by atoms with Crippen LogP contribution in [0, 0.1) is 5.82 Å². The Hall–Kier alpha value is -1.80. The second-order valence-corrected chi connectivity index (χ2v) is 3.03. The zero-order valence-corrected chi connectivity index (χ0v) is 8.69. The van der Waals surface area contributed by atoms with E-state index in [9.17, 15) is 31.1 Å². The van der Waals surface area contributed by atoms with Gasteiger partial charge >= 0.3 is 12.1 Å². The Bertz CT molecular complexity index is 471. The van der Waals surface area contributed by atoms with Crippen molar-refractivity contribution < 1.29 is 35.9 Å². The minimum atomic E-state index is -5.36. The summed E-state index contributed by atoms with van der Waals surface area (Å²) in [4.78, 5) is 13.7. The number of aromatic nitrogens is 1. The molecule has 0 unspecified atom stereocenters. The fourth-order valence-corrected chi connectivity index (χ4v) is 1.26. The van der Waals surface area contributed by atoms with E-state index in [1.165, 1.54) is 0 Å². The summed E-state index contributed by atoms with van der Waals surface area (Å²) in [5, 5.41) is 0. The summed E-state index contributed by atoms with van der Waals surface area (Å²) in [5.41, 5.74) is -5.44. The molecule has 0 aliphatic rings. The second kappa shape index (κ2) is 4.83. The molecule has 1 heterocycles. The van der Waals surface area contributed by atoms with Crippen molar-refractivity contribution in [3.05, 3.63) is 28.8 Å². The lowest BCUT2D eigenvalue weighted by Crippen LogP contribution is -2.20. The number of carbonyl (C=O) groups excluding carboxylic acids is 1. The number of methoxy groups -OCH3 is 1. The highest BCUT2D eigenvalue weighted by Crippen LogP contribution is 2.38. The van der Waals surface area contributed by atoms with E-state index in [1.54, 1.807) is 0 Å². The van der Waals surface area contributed by atoms with Crippen molar-refractivity contribution in [3.8, 4) is 0 Å². The minimum Gasteiger partial charge on any atom is -0.465 e. The van der Waals surface area contributed by atoms with E-state index in [4.69, 9.17) is 0 Å². The molecule has 0 saturated heterocycles. The summed E-state index contributed by atoms with van der Waals surface area (Å²) in [6, 6.07) is 0. The summed E-state index contributed by atoms with van der Waals surface area (Å²) in [6.07, 6.45) is -8.85. The van der Waals surface area contributed by atoms with E-state index < -0.39 is 41.2 Å². The number of hydrogen-bond acceptors (Lipinski definition) is 3. The molecule has 0 fully saturated rings. The molecule has 0 aromatic carbocycles. The molecular formula is C9H5F6NO2. The van der Waals surface area contributed by atoms with Crippen LogP contribution in [-0.2, 0) is 10.9 Å². The first kappa shape index (κ1) is 14.3. The van der Waals surface area contributed by atoms with E-state index in [0.717, 1.165) is 0 Å². The molecule has 0 N–H and O–H groups in total. The van der Waals surface area contributed by atoms with Gasteiger partial charge in [0.1, 0.15) is 16.8 Å². The summed E-state index contributed by atoms with van der Waals surface area (Å²) in [6.45, 7) is 0. The molecule has 0 radical (unpaired) electrons. The fourth-order valence-electron chi connectivity index (χ4n) is 1.26. The van der Waals surface area contributed by atoms with Crippen LogP contribution < -0.4 is 0 Å². The van der Waals surface area contributed by atoms with E-state index >= 15 is 0 Å². The van der Waals surface area contributed by atoms with Gasteiger partial charge in [0.15, 0.2) is 5.82 Å². The van der Waals surface area contributed by atoms with Crippen molar-refractivity contribution in [3.63, 3.8) is 0 Å². The average molecular weight is 273 g/mol. The van der Waals surface area contributed by atoms with Crippen molar-refractivity contribution in [1.29, 1.82) is 0 Å². The van der Waals surface area contributed by atoms with Gasteiger partial charge in [-0.15, -0.1) is 0 Å². The highest BCUT2D eigenvalue weighted by atomic mass is 19.4. The molecule has 1 aromatic heterocycles. The lowest BCUT2D eigenvalue weighted by molar-refractivity contribution is -0.140. The molecule has 0 aliphatic heterocycles. The van der Waals surface area contributed by atoms with Crippen LogP contribution in [-0.4, -0.2) is 18.1 Å². The second-order valence-electron chi connectivity index (χ2n) is 3.03. The summed E-state index contributed by atoms with van der Waals surface area (Å²) >= 11 is 0. The number of nitrogens with zero attached hydrogens (tertiary/aromatic N) is 1. The molecule has 0 atom stereocenters. The first-order valence-corrected chi connectivity index (χ1v) is 4.32. The predicted molar refractivity (Wildman–Crippen MR) is 45.5 cm³/mol. The van der Waals surface area contributed by atoms with Crippen LogP contribution in [0.25, 0.3) is 0 Å². The fraction of sp³-hybridized carbons (Fsp3) is 0.333. The Morgan fingerprint density at radius 2 is 1.94 bits per heavy atom. The number of pyridine rings is 1. The van der Waals surface area contributed by atoms with E-state index in [0.29, 0.717) is 7.11 Å². The number of carbonyl (C=O) groups is 1. The molecule has 9 heteroatoms. The first-order valence-electron chi connectivity index (χ1n) is 4.32. The summed E-state index contributed by atoms with van der Waals surface area (Å²) in [5.74, 6) is -3.39. The highest BCUT2D eigenvalue weighted by Gasteiger charge is 2.43. The molecule has 0 saturated carbocycles. The predicted octanol–water partition coefficient (Wildman–Crippen LogP) is 2.96. The van der Waals surface area contributed by atoms with E-state index in [2.05, 4.69) is 9.72 Å². The maximum atomic E-state index is 13.2. The zero-order chi connectivity index (χ0) is 14.1. The Morgan fingerprint density at radius 3 is 2.33 bits per heavy atom. The van der Waals surface area contributed by atoms with Crippen LogP contribution in [0.5, 0.6) is 0 Å². The van der Waals surface area contributed by atoms with Crippen LogP contribution in [0.2, 0.25) is 0 Å². The lowest BCUT2D eigenvalue weighted by atomic mass is 10.1. The van der Waals surface area contributed by atoms with Gasteiger partial charge in [0, 0.05) is 0 Å². The van der Waals surface area contributed by atoms with Gasteiger partial charge in [-0.3, -0.25) is 4.98 Å². The smallest absolute Gasteiger partial charge is 0.419 e. The van der Waals surface area contributed by atoms with Gasteiger partial charge < -0.3 is 4.74 Å². The quantitative estimate of drug-likeness (QED) is 0.614. The van der Waals surface area contributed by atoms with Crippen molar-refractivity contribution in [2.45, 2.75) is 12.6 Å². The van der Waals surface area contributed by atoms with Gasteiger partial charge in [-0.2, -0.15) is 13.2 Å². The molecule has 0 aliphatic carbocycles. The molecule has 3 nitrogen and oxygen atoms in total. The van der Waals surface area contributed by atoms with Crippen molar-refractivity contribution in [2.75, 3.05) is 7.11 Å². The molecule has 0 spiro atoms. The molecule has 18 heavy (non-hydrogen) atoms. The molecule has 100 valence electrons.